The Balaban J connectivity index is 1.42. The summed E-state index contributed by atoms with van der Waals surface area (Å²) in [4.78, 5) is 0. The predicted octanol–water partition coefficient (Wildman–Crippen LogP) is 0.602. The van der Waals surface area contributed by atoms with Gasteiger partial charge in [0.1, 0.15) is 6.10 Å². The lowest BCUT2D eigenvalue weighted by Crippen LogP contribution is -2.20. The summed E-state index contributed by atoms with van der Waals surface area (Å²) in [5.74, 6) is 2.99. The van der Waals surface area contributed by atoms with E-state index in [0.717, 1.165) is 43.1 Å². The van der Waals surface area contributed by atoms with Gasteiger partial charge in [0.25, 0.3) is 0 Å². The molecule has 80 valence electrons. The van der Waals surface area contributed by atoms with Crippen LogP contribution in [0.15, 0.2) is 0 Å². The Labute approximate surface area is 88.8 Å². The van der Waals surface area contributed by atoms with Crippen molar-refractivity contribution >= 4 is 10.2 Å². The second-order valence-electron chi connectivity index (χ2n) is 5.46. The summed E-state index contributed by atoms with van der Waals surface area (Å²) in [6.45, 7) is 2.78. The van der Waals surface area contributed by atoms with E-state index in [4.69, 9.17) is 9.47 Å². The van der Waals surface area contributed by atoms with Crippen LogP contribution in [0, 0.1) is 17.8 Å². The average Bonchev–Trinajstić information content (AvgIpc) is 2.80. The van der Waals surface area contributed by atoms with Gasteiger partial charge < -0.3 is 9.47 Å². The van der Waals surface area contributed by atoms with Crippen LogP contribution in [-0.2, 0) is 9.47 Å². The maximum atomic E-state index is 5.72. The number of hydrogen-bond donors (Lipinski definition) is 0. The Kier molecular flexibility index (Phi) is 2.42. The molecule has 1 heterocycles. The molecular weight excluding hydrogens is 192 g/mol. The highest BCUT2D eigenvalue weighted by Gasteiger charge is 2.43. The van der Waals surface area contributed by atoms with Gasteiger partial charge in [-0.15, -0.1) is 0 Å². The average molecular weight is 212 g/mol. The topological polar surface area (TPSA) is 21.8 Å². The van der Waals surface area contributed by atoms with Gasteiger partial charge in [-0.25, -0.2) is 0 Å². The molecule has 0 aromatic heterocycles. The zero-order valence-electron chi connectivity index (χ0n) is 8.95. The molecule has 3 heteroatoms. The van der Waals surface area contributed by atoms with Crippen molar-refractivity contribution in [2.75, 3.05) is 19.8 Å². The smallest absolute Gasteiger partial charge is 0.104 e. The number of ether oxygens (including phenoxy) is 2. The van der Waals surface area contributed by atoms with Crippen LogP contribution in [0.3, 0.4) is 0 Å². The second-order valence-corrected chi connectivity index (χ2v) is 6.94. The Morgan fingerprint density at radius 1 is 1.14 bits per heavy atom. The van der Waals surface area contributed by atoms with Crippen molar-refractivity contribution in [3.63, 3.8) is 0 Å². The molecule has 1 saturated heterocycles. The van der Waals surface area contributed by atoms with Crippen LogP contribution < -0.4 is 0 Å². The first-order chi connectivity index (χ1) is 6.83. The standard InChI is InChI=1S/C11H20O2Si/c14-11-3-7-1-8(11)2-9(7)4-12-5-10-6-13-10/h7-11H,1-6H2,14H3. The summed E-state index contributed by atoms with van der Waals surface area (Å²) in [6, 6.07) is 0. The highest BCUT2D eigenvalue weighted by molar-refractivity contribution is 6.12. The molecule has 0 aromatic carbocycles. The largest absolute Gasteiger partial charge is 0.378 e. The fourth-order valence-electron chi connectivity index (χ4n) is 3.40. The molecule has 0 aromatic rings. The monoisotopic (exact) mass is 212 g/mol. The molecule has 3 fully saturated rings. The van der Waals surface area contributed by atoms with E-state index >= 15 is 0 Å². The van der Waals surface area contributed by atoms with Gasteiger partial charge in [-0.2, -0.15) is 0 Å². The Morgan fingerprint density at radius 2 is 2.00 bits per heavy atom. The van der Waals surface area contributed by atoms with E-state index in [1.54, 1.807) is 0 Å². The normalized spacial score (nSPS) is 50.1. The van der Waals surface area contributed by atoms with E-state index in [1.807, 2.05) is 0 Å². The zero-order chi connectivity index (χ0) is 9.54. The molecule has 2 bridgehead atoms. The molecule has 0 amide bonds. The summed E-state index contributed by atoms with van der Waals surface area (Å²) in [6.07, 6.45) is 4.94. The molecule has 3 aliphatic rings. The SMILES string of the molecule is [SiH3]C1CC2CC1CC2COCC1CO1. The Morgan fingerprint density at radius 3 is 2.57 bits per heavy atom. The minimum atomic E-state index is 0.444. The molecule has 3 rings (SSSR count). The fourth-order valence-corrected chi connectivity index (χ4v) is 4.55. The van der Waals surface area contributed by atoms with Crippen LogP contribution in [0.25, 0.3) is 0 Å². The van der Waals surface area contributed by atoms with Crippen molar-refractivity contribution in [1.29, 1.82) is 0 Å². The van der Waals surface area contributed by atoms with Crippen LogP contribution in [-0.4, -0.2) is 36.2 Å². The van der Waals surface area contributed by atoms with Gasteiger partial charge in [0, 0.05) is 16.8 Å². The molecular formula is C11H20O2Si. The van der Waals surface area contributed by atoms with E-state index in [2.05, 4.69) is 0 Å². The van der Waals surface area contributed by atoms with E-state index in [9.17, 15) is 0 Å². The van der Waals surface area contributed by atoms with E-state index in [1.165, 1.54) is 29.5 Å². The van der Waals surface area contributed by atoms with E-state index < -0.39 is 0 Å². The molecule has 14 heavy (non-hydrogen) atoms. The molecule has 2 saturated carbocycles. The molecule has 0 N–H and O–H groups in total. The Bertz CT molecular complexity index is 215. The van der Waals surface area contributed by atoms with Gasteiger partial charge in [0.2, 0.25) is 0 Å². The number of rotatable bonds is 4. The summed E-state index contributed by atoms with van der Waals surface area (Å²) in [5.41, 5.74) is 1.13. The van der Waals surface area contributed by atoms with Crippen molar-refractivity contribution < 1.29 is 9.47 Å². The molecule has 2 nitrogen and oxygen atoms in total. The lowest BCUT2D eigenvalue weighted by Gasteiger charge is -2.25. The van der Waals surface area contributed by atoms with Gasteiger partial charge in [-0.3, -0.25) is 0 Å². The van der Waals surface area contributed by atoms with Gasteiger partial charge in [-0.05, 0) is 30.6 Å². The minimum absolute atomic E-state index is 0.444. The van der Waals surface area contributed by atoms with E-state index in [-0.39, 0.29) is 0 Å². The third-order valence-electron chi connectivity index (χ3n) is 4.39. The fraction of sp³-hybridized carbons (Fsp3) is 1.00. The first-order valence-electron chi connectivity index (χ1n) is 6.02. The predicted molar refractivity (Wildman–Crippen MR) is 58.6 cm³/mol. The molecule has 1 aliphatic heterocycles. The Hall–Kier alpha value is 0.137. The molecule has 0 spiro atoms. The van der Waals surface area contributed by atoms with Crippen LogP contribution in [0.4, 0.5) is 0 Å². The number of hydrogen-bond acceptors (Lipinski definition) is 2. The second kappa shape index (κ2) is 3.61. The van der Waals surface area contributed by atoms with Crippen molar-refractivity contribution in [1.82, 2.24) is 0 Å². The van der Waals surface area contributed by atoms with Gasteiger partial charge in [0.15, 0.2) is 0 Å². The maximum absolute atomic E-state index is 5.72. The van der Waals surface area contributed by atoms with Gasteiger partial charge in [0.05, 0.1) is 13.2 Å². The van der Waals surface area contributed by atoms with Crippen molar-refractivity contribution in [3.8, 4) is 0 Å². The summed E-state index contributed by atoms with van der Waals surface area (Å²) in [5, 5.41) is 0. The van der Waals surface area contributed by atoms with E-state index in [0.29, 0.717) is 6.10 Å². The van der Waals surface area contributed by atoms with Crippen molar-refractivity contribution in [3.05, 3.63) is 0 Å². The van der Waals surface area contributed by atoms with Crippen LogP contribution in [0.5, 0.6) is 0 Å². The first-order valence-corrected chi connectivity index (χ1v) is 7.17. The highest BCUT2D eigenvalue weighted by atomic mass is 28.1. The third-order valence-corrected chi connectivity index (χ3v) is 5.81. The molecule has 5 unspecified atom stereocenters. The summed E-state index contributed by atoms with van der Waals surface area (Å²) < 4.78 is 10.8. The van der Waals surface area contributed by atoms with Crippen molar-refractivity contribution in [2.24, 2.45) is 17.8 Å². The third kappa shape index (κ3) is 1.77. The van der Waals surface area contributed by atoms with Crippen LogP contribution in [0.2, 0.25) is 5.54 Å². The highest BCUT2D eigenvalue weighted by Crippen LogP contribution is 2.53. The first kappa shape index (κ1) is 9.37. The molecule has 0 radical (unpaired) electrons. The van der Waals surface area contributed by atoms with Crippen LogP contribution >= 0.6 is 0 Å². The maximum Gasteiger partial charge on any atom is 0.104 e. The molecule has 5 atom stereocenters. The lowest BCUT2D eigenvalue weighted by molar-refractivity contribution is 0.0680. The quantitative estimate of drug-likeness (QED) is 0.503. The summed E-state index contributed by atoms with van der Waals surface area (Å²) >= 11 is 0. The minimum Gasteiger partial charge on any atom is -0.378 e. The number of fused-ring (bicyclic) bond motifs is 2. The summed E-state index contributed by atoms with van der Waals surface area (Å²) in [7, 11) is 1.42. The van der Waals surface area contributed by atoms with Gasteiger partial charge in [-0.1, -0.05) is 12.0 Å². The molecule has 2 aliphatic carbocycles. The van der Waals surface area contributed by atoms with Crippen molar-refractivity contribution in [2.45, 2.75) is 30.9 Å². The van der Waals surface area contributed by atoms with Gasteiger partial charge >= 0.3 is 0 Å². The van der Waals surface area contributed by atoms with Crippen LogP contribution in [0.1, 0.15) is 19.3 Å². The number of epoxide rings is 1. The zero-order valence-corrected chi connectivity index (χ0v) is 10.9. The lowest BCUT2D eigenvalue weighted by atomic mass is 9.89.